The van der Waals surface area contributed by atoms with Crippen LogP contribution in [0.4, 0.5) is 0 Å². The van der Waals surface area contributed by atoms with E-state index >= 15 is 0 Å². The van der Waals surface area contributed by atoms with Gasteiger partial charge in [0.1, 0.15) is 17.4 Å². The van der Waals surface area contributed by atoms with Gasteiger partial charge in [0.15, 0.2) is 0 Å². The lowest BCUT2D eigenvalue weighted by atomic mass is 10.2. The molecule has 20 heavy (non-hydrogen) atoms. The van der Waals surface area contributed by atoms with Gasteiger partial charge in [-0.3, -0.25) is 4.90 Å². The van der Waals surface area contributed by atoms with Gasteiger partial charge in [0.05, 0.1) is 13.2 Å². The molecule has 1 aromatic heterocycles. The number of hydrogen-bond acceptors (Lipinski definition) is 5. The molecule has 0 amide bonds. The first-order chi connectivity index (χ1) is 9.92. The van der Waals surface area contributed by atoms with E-state index in [4.69, 9.17) is 9.47 Å². The zero-order valence-corrected chi connectivity index (χ0v) is 12.1. The van der Waals surface area contributed by atoms with Gasteiger partial charge in [-0.2, -0.15) is 0 Å². The largest absolute Gasteiger partial charge is 0.492 e. The Morgan fingerprint density at radius 1 is 1.20 bits per heavy atom. The van der Waals surface area contributed by atoms with Crippen LogP contribution in [0.1, 0.15) is 0 Å². The third-order valence-corrected chi connectivity index (χ3v) is 4.14. The zero-order chi connectivity index (χ0) is 13.6. The quantitative estimate of drug-likeness (QED) is 0.847. The molecule has 2 heterocycles. The van der Waals surface area contributed by atoms with Crippen LogP contribution < -0.4 is 4.74 Å². The molecule has 106 valence electrons. The minimum atomic E-state index is 0.719. The van der Waals surface area contributed by atoms with Crippen LogP contribution >= 0.6 is 11.3 Å². The van der Waals surface area contributed by atoms with E-state index in [2.05, 4.69) is 22.0 Å². The minimum absolute atomic E-state index is 0.719. The summed E-state index contributed by atoms with van der Waals surface area (Å²) in [5.74, 6) is 0.915. The van der Waals surface area contributed by atoms with Crippen LogP contribution in [0.15, 0.2) is 35.8 Å². The second-order valence-corrected chi connectivity index (χ2v) is 5.56. The normalized spacial score (nSPS) is 16.2. The van der Waals surface area contributed by atoms with E-state index in [1.807, 2.05) is 23.7 Å². The number of morpholine rings is 1. The standard InChI is InChI=1S/C15H18N2O2S/c1-3-14(4-2-13(1)15-16-5-12-20-15)19-11-8-17-6-9-18-10-7-17/h1-5,12H,6-11H2. The van der Waals surface area contributed by atoms with Gasteiger partial charge in [-0.15, -0.1) is 11.3 Å². The molecule has 0 aliphatic carbocycles. The summed E-state index contributed by atoms with van der Waals surface area (Å²) in [5.41, 5.74) is 1.14. The Morgan fingerprint density at radius 2 is 2.00 bits per heavy atom. The number of benzene rings is 1. The van der Waals surface area contributed by atoms with Crippen molar-refractivity contribution < 1.29 is 9.47 Å². The van der Waals surface area contributed by atoms with Crippen LogP contribution in [0.2, 0.25) is 0 Å². The maximum absolute atomic E-state index is 5.78. The highest BCUT2D eigenvalue weighted by atomic mass is 32.1. The fourth-order valence-corrected chi connectivity index (χ4v) is 2.82. The van der Waals surface area contributed by atoms with E-state index in [0.29, 0.717) is 0 Å². The van der Waals surface area contributed by atoms with Crippen LogP contribution in [-0.2, 0) is 4.74 Å². The highest BCUT2D eigenvalue weighted by Gasteiger charge is 2.09. The molecule has 0 atom stereocenters. The number of rotatable bonds is 5. The van der Waals surface area contributed by atoms with Crippen LogP contribution in [-0.4, -0.2) is 49.3 Å². The fourth-order valence-electron chi connectivity index (χ4n) is 2.18. The van der Waals surface area contributed by atoms with Crippen LogP contribution in [0.25, 0.3) is 10.6 Å². The van der Waals surface area contributed by atoms with Crippen molar-refractivity contribution in [2.45, 2.75) is 0 Å². The SMILES string of the molecule is c1csc(-c2ccc(OCCN3CCOCC3)cc2)n1. The van der Waals surface area contributed by atoms with E-state index in [-0.39, 0.29) is 0 Å². The van der Waals surface area contributed by atoms with E-state index < -0.39 is 0 Å². The molecule has 0 bridgehead atoms. The number of hydrogen-bond donors (Lipinski definition) is 0. The Bertz CT molecular complexity index is 507. The van der Waals surface area contributed by atoms with Crippen molar-refractivity contribution in [3.8, 4) is 16.3 Å². The van der Waals surface area contributed by atoms with Gasteiger partial charge >= 0.3 is 0 Å². The molecule has 3 rings (SSSR count). The van der Waals surface area contributed by atoms with Gasteiger partial charge in [-0.1, -0.05) is 0 Å². The number of thiazole rings is 1. The van der Waals surface area contributed by atoms with Crippen molar-refractivity contribution >= 4 is 11.3 Å². The van der Waals surface area contributed by atoms with Gasteiger partial charge in [-0.05, 0) is 24.3 Å². The van der Waals surface area contributed by atoms with Gasteiger partial charge in [-0.25, -0.2) is 4.98 Å². The highest BCUT2D eigenvalue weighted by Crippen LogP contribution is 2.23. The molecular weight excluding hydrogens is 272 g/mol. The van der Waals surface area contributed by atoms with Crippen LogP contribution in [0, 0.1) is 0 Å². The molecule has 0 saturated carbocycles. The second-order valence-electron chi connectivity index (χ2n) is 4.66. The summed E-state index contributed by atoms with van der Waals surface area (Å²) >= 11 is 1.65. The van der Waals surface area contributed by atoms with Crippen molar-refractivity contribution in [3.63, 3.8) is 0 Å². The van der Waals surface area contributed by atoms with Gasteiger partial charge in [0.25, 0.3) is 0 Å². The molecule has 2 aromatic rings. The summed E-state index contributed by atoms with van der Waals surface area (Å²) in [4.78, 5) is 6.67. The third-order valence-electron chi connectivity index (χ3n) is 3.31. The predicted molar refractivity (Wildman–Crippen MR) is 80.3 cm³/mol. The summed E-state index contributed by atoms with van der Waals surface area (Å²) in [5, 5.41) is 3.03. The van der Waals surface area contributed by atoms with Gasteiger partial charge in [0.2, 0.25) is 0 Å². The maximum Gasteiger partial charge on any atom is 0.123 e. The summed E-state index contributed by atoms with van der Waals surface area (Å²) in [6, 6.07) is 8.14. The first-order valence-corrected chi connectivity index (χ1v) is 7.72. The molecule has 1 aliphatic rings. The van der Waals surface area contributed by atoms with Crippen molar-refractivity contribution in [2.75, 3.05) is 39.5 Å². The topological polar surface area (TPSA) is 34.6 Å². The Morgan fingerprint density at radius 3 is 2.70 bits per heavy atom. The summed E-state index contributed by atoms with van der Waals surface area (Å²) in [7, 11) is 0. The van der Waals surface area contributed by atoms with Gasteiger partial charge < -0.3 is 9.47 Å². The lowest BCUT2D eigenvalue weighted by Gasteiger charge is -2.26. The monoisotopic (exact) mass is 290 g/mol. The van der Waals surface area contributed by atoms with E-state index in [0.717, 1.165) is 55.8 Å². The van der Waals surface area contributed by atoms with Crippen molar-refractivity contribution in [1.29, 1.82) is 0 Å². The number of aromatic nitrogens is 1. The summed E-state index contributed by atoms with van der Waals surface area (Å²) < 4.78 is 11.1. The second kappa shape index (κ2) is 6.83. The molecule has 4 nitrogen and oxygen atoms in total. The molecule has 1 aromatic carbocycles. The predicted octanol–water partition coefficient (Wildman–Crippen LogP) is 2.52. The zero-order valence-electron chi connectivity index (χ0n) is 11.3. The Labute approximate surface area is 123 Å². The molecule has 5 heteroatoms. The third kappa shape index (κ3) is 3.56. The molecule has 0 spiro atoms. The Balaban J connectivity index is 1.48. The Kier molecular flexibility index (Phi) is 4.63. The smallest absolute Gasteiger partial charge is 0.123 e. The molecule has 1 fully saturated rings. The van der Waals surface area contributed by atoms with E-state index in [1.165, 1.54) is 0 Å². The van der Waals surface area contributed by atoms with Crippen LogP contribution in [0.3, 0.4) is 0 Å². The molecule has 0 radical (unpaired) electrons. The molecule has 1 saturated heterocycles. The summed E-state index contributed by atoms with van der Waals surface area (Å²) in [6.45, 7) is 5.36. The summed E-state index contributed by atoms with van der Waals surface area (Å²) in [6.07, 6.45) is 1.83. The average Bonchev–Trinajstić information content (AvgIpc) is 3.03. The first-order valence-electron chi connectivity index (χ1n) is 6.85. The van der Waals surface area contributed by atoms with Gasteiger partial charge in [0, 0.05) is 36.8 Å². The lowest BCUT2D eigenvalue weighted by molar-refractivity contribution is 0.0322. The Hall–Kier alpha value is -1.43. The average molecular weight is 290 g/mol. The molecule has 1 aliphatic heterocycles. The molecule has 0 N–H and O–H groups in total. The first kappa shape index (κ1) is 13.5. The van der Waals surface area contributed by atoms with E-state index in [1.54, 1.807) is 11.3 Å². The van der Waals surface area contributed by atoms with E-state index in [9.17, 15) is 0 Å². The van der Waals surface area contributed by atoms with Crippen molar-refractivity contribution in [3.05, 3.63) is 35.8 Å². The molecular formula is C15H18N2O2S. The maximum atomic E-state index is 5.78. The number of nitrogens with zero attached hydrogens (tertiary/aromatic N) is 2. The van der Waals surface area contributed by atoms with Crippen molar-refractivity contribution in [2.24, 2.45) is 0 Å². The highest BCUT2D eigenvalue weighted by molar-refractivity contribution is 7.13. The number of ether oxygens (including phenoxy) is 2. The molecule has 0 unspecified atom stereocenters. The van der Waals surface area contributed by atoms with Crippen LogP contribution in [0.5, 0.6) is 5.75 Å². The minimum Gasteiger partial charge on any atom is -0.492 e. The lowest BCUT2D eigenvalue weighted by Crippen LogP contribution is -2.38. The fraction of sp³-hybridized carbons (Fsp3) is 0.400. The van der Waals surface area contributed by atoms with Crippen molar-refractivity contribution in [1.82, 2.24) is 9.88 Å².